The molecule has 0 amide bonds. The Morgan fingerprint density at radius 2 is 2.13 bits per heavy atom. The Bertz CT molecular complexity index is 810. The van der Waals surface area contributed by atoms with E-state index in [1.165, 1.54) is 17.8 Å². The molecule has 0 aliphatic heterocycles. The minimum absolute atomic E-state index is 0.307. The predicted octanol–water partition coefficient (Wildman–Crippen LogP) is 4.95. The molecule has 23 heavy (non-hydrogen) atoms. The number of halogens is 2. The van der Waals surface area contributed by atoms with Crippen molar-refractivity contribution in [2.24, 2.45) is 0 Å². The molecule has 0 N–H and O–H groups in total. The number of hydrogen-bond donors (Lipinski definition) is 0. The summed E-state index contributed by atoms with van der Waals surface area (Å²) in [5, 5.41) is 9.63. The van der Waals surface area contributed by atoms with Crippen molar-refractivity contribution in [2.45, 2.75) is 31.3 Å². The van der Waals surface area contributed by atoms with Gasteiger partial charge in [-0.05, 0) is 32.0 Å². The third-order valence-electron chi connectivity index (χ3n) is 3.54. The molecule has 2 heterocycles. The summed E-state index contributed by atoms with van der Waals surface area (Å²) in [5.41, 5.74) is 1.39. The van der Waals surface area contributed by atoms with Crippen molar-refractivity contribution in [3.8, 4) is 11.4 Å². The molecule has 0 bridgehead atoms. The van der Waals surface area contributed by atoms with Crippen LogP contribution in [0.5, 0.6) is 0 Å². The maximum absolute atomic E-state index is 13.9. The number of thioether (sulfide) groups is 1. The van der Waals surface area contributed by atoms with E-state index < -0.39 is 0 Å². The SMILES string of the molecule is CCn1c(SCc2c(F)cccc2Cl)nnc1-c1ccoc1C. The molecule has 0 atom stereocenters. The van der Waals surface area contributed by atoms with Crippen molar-refractivity contribution in [1.29, 1.82) is 0 Å². The summed E-state index contributed by atoms with van der Waals surface area (Å²) in [6, 6.07) is 6.56. The Morgan fingerprint density at radius 1 is 1.30 bits per heavy atom. The number of rotatable bonds is 5. The van der Waals surface area contributed by atoms with E-state index in [0.717, 1.165) is 22.3 Å². The van der Waals surface area contributed by atoms with Gasteiger partial charge in [-0.15, -0.1) is 10.2 Å². The van der Waals surface area contributed by atoms with Crippen molar-refractivity contribution in [3.63, 3.8) is 0 Å². The fourth-order valence-electron chi connectivity index (χ4n) is 2.30. The van der Waals surface area contributed by atoms with Crippen LogP contribution in [0.25, 0.3) is 11.4 Å². The standard InChI is InChI=1S/C16H15ClFN3OS/c1-3-21-15(11-7-8-22-10(11)2)19-20-16(21)23-9-12-13(17)5-4-6-14(12)18/h4-8H,3,9H2,1-2H3. The number of benzene rings is 1. The first-order valence-electron chi connectivity index (χ1n) is 7.15. The topological polar surface area (TPSA) is 43.9 Å². The van der Waals surface area contributed by atoms with E-state index in [-0.39, 0.29) is 5.82 Å². The van der Waals surface area contributed by atoms with Crippen LogP contribution in [0, 0.1) is 12.7 Å². The molecule has 3 rings (SSSR count). The molecule has 0 saturated heterocycles. The van der Waals surface area contributed by atoms with Crippen LogP contribution in [-0.2, 0) is 12.3 Å². The van der Waals surface area contributed by atoms with Crippen molar-refractivity contribution in [2.75, 3.05) is 0 Å². The Labute approximate surface area is 142 Å². The minimum Gasteiger partial charge on any atom is -0.469 e. The van der Waals surface area contributed by atoms with E-state index in [1.807, 2.05) is 24.5 Å². The maximum Gasteiger partial charge on any atom is 0.191 e. The first kappa shape index (κ1) is 16.1. The number of hydrogen-bond acceptors (Lipinski definition) is 4. The van der Waals surface area contributed by atoms with Crippen LogP contribution in [0.1, 0.15) is 18.2 Å². The van der Waals surface area contributed by atoms with Crippen molar-refractivity contribution in [1.82, 2.24) is 14.8 Å². The van der Waals surface area contributed by atoms with Gasteiger partial charge in [0, 0.05) is 22.9 Å². The summed E-state index contributed by atoms with van der Waals surface area (Å²) in [5.74, 6) is 1.63. The maximum atomic E-state index is 13.9. The second kappa shape index (κ2) is 6.76. The average molecular weight is 352 g/mol. The molecule has 7 heteroatoms. The first-order chi connectivity index (χ1) is 11.1. The summed E-state index contributed by atoms with van der Waals surface area (Å²) in [4.78, 5) is 0. The molecule has 0 aliphatic carbocycles. The van der Waals surface area contributed by atoms with Gasteiger partial charge in [-0.3, -0.25) is 0 Å². The Balaban J connectivity index is 1.87. The van der Waals surface area contributed by atoms with Crippen LogP contribution in [0.3, 0.4) is 0 Å². The smallest absolute Gasteiger partial charge is 0.191 e. The molecule has 0 radical (unpaired) electrons. The zero-order valence-electron chi connectivity index (χ0n) is 12.7. The van der Waals surface area contributed by atoms with E-state index in [2.05, 4.69) is 10.2 Å². The number of furan rings is 1. The van der Waals surface area contributed by atoms with Crippen LogP contribution < -0.4 is 0 Å². The van der Waals surface area contributed by atoms with Gasteiger partial charge in [0.2, 0.25) is 0 Å². The monoisotopic (exact) mass is 351 g/mol. The highest BCUT2D eigenvalue weighted by Gasteiger charge is 2.17. The van der Waals surface area contributed by atoms with Crippen molar-refractivity contribution >= 4 is 23.4 Å². The fraction of sp³-hybridized carbons (Fsp3) is 0.250. The van der Waals surface area contributed by atoms with Gasteiger partial charge < -0.3 is 8.98 Å². The molecule has 2 aromatic heterocycles. The van der Waals surface area contributed by atoms with Crippen LogP contribution in [0.4, 0.5) is 4.39 Å². The Morgan fingerprint density at radius 3 is 2.78 bits per heavy atom. The summed E-state index contributed by atoms with van der Waals surface area (Å²) in [7, 11) is 0. The van der Waals surface area contributed by atoms with Gasteiger partial charge >= 0.3 is 0 Å². The lowest BCUT2D eigenvalue weighted by Crippen LogP contribution is -2.00. The highest BCUT2D eigenvalue weighted by atomic mass is 35.5. The number of aromatic nitrogens is 3. The lowest BCUT2D eigenvalue weighted by atomic mass is 10.2. The largest absolute Gasteiger partial charge is 0.469 e. The molecule has 0 fully saturated rings. The third kappa shape index (κ3) is 3.14. The minimum atomic E-state index is -0.307. The highest BCUT2D eigenvalue weighted by molar-refractivity contribution is 7.98. The van der Waals surface area contributed by atoms with E-state index in [1.54, 1.807) is 18.4 Å². The molecule has 3 aromatic rings. The molecule has 0 spiro atoms. The van der Waals surface area contributed by atoms with Gasteiger partial charge in [-0.1, -0.05) is 29.4 Å². The van der Waals surface area contributed by atoms with Crippen LogP contribution >= 0.6 is 23.4 Å². The molecule has 120 valence electrons. The number of aryl methyl sites for hydroxylation is 1. The number of nitrogens with zero attached hydrogens (tertiary/aromatic N) is 3. The molecular formula is C16H15ClFN3OS. The zero-order chi connectivity index (χ0) is 16.4. The van der Waals surface area contributed by atoms with Crippen LogP contribution in [0.15, 0.2) is 40.1 Å². The van der Waals surface area contributed by atoms with E-state index >= 15 is 0 Å². The van der Waals surface area contributed by atoms with Crippen molar-refractivity contribution in [3.05, 3.63) is 52.7 Å². The fourth-order valence-corrected chi connectivity index (χ4v) is 3.65. The van der Waals surface area contributed by atoms with Crippen LogP contribution in [-0.4, -0.2) is 14.8 Å². The van der Waals surface area contributed by atoms with Crippen molar-refractivity contribution < 1.29 is 8.81 Å². The normalized spacial score (nSPS) is 11.1. The second-order valence-electron chi connectivity index (χ2n) is 4.93. The Kier molecular flexibility index (Phi) is 4.73. The van der Waals surface area contributed by atoms with E-state index in [0.29, 0.717) is 22.9 Å². The van der Waals surface area contributed by atoms with Crippen LogP contribution in [0.2, 0.25) is 5.02 Å². The lowest BCUT2D eigenvalue weighted by Gasteiger charge is -2.08. The summed E-state index contributed by atoms with van der Waals surface area (Å²) < 4.78 is 21.2. The summed E-state index contributed by atoms with van der Waals surface area (Å²) in [6.45, 7) is 4.61. The van der Waals surface area contributed by atoms with E-state index in [4.69, 9.17) is 16.0 Å². The zero-order valence-corrected chi connectivity index (χ0v) is 14.3. The second-order valence-corrected chi connectivity index (χ2v) is 6.28. The first-order valence-corrected chi connectivity index (χ1v) is 8.51. The third-order valence-corrected chi connectivity index (χ3v) is 4.89. The molecule has 0 aliphatic rings. The molecule has 0 unspecified atom stereocenters. The van der Waals surface area contributed by atoms with Gasteiger partial charge in [0.1, 0.15) is 11.6 Å². The van der Waals surface area contributed by atoms with Gasteiger partial charge in [-0.25, -0.2) is 4.39 Å². The van der Waals surface area contributed by atoms with Gasteiger partial charge in [-0.2, -0.15) is 0 Å². The predicted molar refractivity (Wildman–Crippen MR) is 89.1 cm³/mol. The van der Waals surface area contributed by atoms with Gasteiger partial charge in [0.25, 0.3) is 0 Å². The van der Waals surface area contributed by atoms with Gasteiger partial charge in [0.05, 0.1) is 11.8 Å². The Hall–Kier alpha value is -1.79. The van der Waals surface area contributed by atoms with E-state index in [9.17, 15) is 4.39 Å². The van der Waals surface area contributed by atoms with Gasteiger partial charge in [0.15, 0.2) is 11.0 Å². The molecule has 4 nitrogen and oxygen atoms in total. The lowest BCUT2D eigenvalue weighted by molar-refractivity contribution is 0.534. The average Bonchev–Trinajstić information content (AvgIpc) is 3.12. The summed E-state index contributed by atoms with van der Waals surface area (Å²) >= 11 is 7.48. The molecule has 1 aromatic carbocycles. The molecular weight excluding hydrogens is 337 g/mol. The molecule has 0 saturated carbocycles. The highest BCUT2D eigenvalue weighted by Crippen LogP contribution is 2.31. The quantitative estimate of drug-likeness (QED) is 0.610. The summed E-state index contributed by atoms with van der Waals surface area (Å²) in [6.07, 6.45) is 1.63.